The number of hydrogen-bond donors (Lipinski definition) is 1. The van der Waals surface area contributed by atoms with Gasteiger partial charge in [-0.05, 0) is 24.3 Å². The molecule has 0 aliphatic carbocycles. The van der Waals surface area contributed by atoms with Gasteiger partial charge in [0.25, 0.3) is 0 Å². The van der Waals surface area contributed by atoms with Gasteiger partial charge in [0.05, 0.1) is 11.4 Å². The maximum atomic E-state index is 12.8. The number of benzene rings is 1. The molecule has 1 aliphatic heterocycles. The highest BCUT2D eigenvalue weighted by atomic mass is 19.1. The van der Waals surface area contributed by atoms with Crippen LogP contribution in [0, 0.1) is 5.82 Å². The Morgan fingerprint density at radius 1 is 1.25 bits per heavy atom. The van der Waals surface area contributed by atoms with Crippen molar-refractivity contribution in [3.8, 4) is 11.3 Å². The van der Waals surface area contributed by atoms with E-state index < -0.39 is 0 Å². The largest absolute Gasteiger partial charge is 0.307 e. The summed E-state index contributed by atoms with van der Waals surface area (Å²) >= 11 is 0. The molecule has 2 aromatic rings. The van der Waals surface area contributed by atoms with Crippen LogP contribution in [0.2, 0.25) is 0 Å². The van der Waals surface area contributed by atoms with Crippen LogP contribution in [0.3, 0.4) is 0 Å². The quantitative estimate of drug-likeness (QED) is 0.789. The van der Waals surface area contributed by atoms with E-state index in [1.807, 2.05) is 11.7 Å². The first-order valence-electron chi connectivity index (χ1n) is 5.27. The summed E-state index contributed by atoms with van der Waals surface area (Å²) in [6, 6.07) is 6.49. The van der Waals surface area contributed by atoms with E-state index in [0.717, 1.165) is 24.3 Å². The fourth-order valence-corrected chi connectivity index (χ4v) is 2.16. The lowest BCUT2D eigenvalue weighted by molar-refractivity contribution is 0.628. The highest BCUT2D eigenvalue weighted by molar-refractivity contribution is 5.64. The van der Waals surface area contributed by atoms with Gasteiger partial charge in [-0.15, -0.1) is 0 Å². The third kappa shape index (κ3) is 1.34. The zero-order chi connectivity index (χ0) is 11.1. The molecule has 0 saturated heterocycles. The van der Waals surface area contributed by atoms with Crippen molar-refractivity contribution in [1.29, 1.82) is 0 Å². The summed E-state index contributed by atoms with van der Waals surface area (Å²) in [5.41, 5.74) is 4.39. The van der Waals surface area contributed by atoms with Crippen molar-refractivity contribution >= 4 is 0 Å². The monoisotopic (exact) mass is 217 g/mol. The Labute approximate surface area is 92.9 Å². The number of halogens is 1. The summed E-state index contributed by atoms with van der Waals surface area (Å²) in [7, 11) is 1.94. The molecule has 0 fully saturated rings. The molecule has 16 heavy (non-hydrogen) atoms. The van der Waals surface area contributed by atoms with Gasteiger partial charge in [-0.2, -0.15) is 5.10 Å². The van der Waals surface area contributed by atoms with Crippen LogP contribution >= 0.6 is 0 Å². The van der Waals surface area contributed by atoms with Crippen LogP contribution in [0.4, 0.5) is 4.39 Å². The minimum atomic E-state index is -0.213. The average molecular weight is 217 g/mol. The Hall–Kier alpha value is -1.68. The van der Waals surface area contributed by atoms with E-state index in [9.17, 15) is 4.39 Å². The zero-order valence-corrected chi connectivity index (χ0v) is 9.00. The van der Waals surface area contributed by atoms with E-state index in [4.69, 9.17) is 0 Å². The Morgan fingerprint density at radius 2 is 2.00 bits per heavy atom. The van der Waals surface area contributed by atoms with Gasteiger partial charge < -0.3 is 5.32 Å². The van der Waals surface area contributed by atoms with Crippen LogP contribution in [0.1, 0.15) is 11.3 Å². The lowest BCUT2D eigenvalue weighted by atomic mass is 10.1. The maximum Gasteiger partial charge on any atom is 0.123 e. The maximum absolute atomic E-state index is 12.8. The number of nitrogens with zero attached hydrogens (tertiary/aromatic N) is 2. The summed E-state index contributed by atoms with van der Waals surface area (Å²) in [5, 5.41) is 7.78. The van der Waals surface area contributed by atoms with Crippen LogP contribution in [-0.4, -0.2) is 9.78 Å². The summed E-state index contributed by atoms with van der Waals surface area (Å²) in [5.74, 6) is -0.213. The second-order valence-corrected chi connectivity index (χ2v) is 4.01. The van der Waals surface area contributed by atoms with Crippen LogP contribution in [0.15, 0.2) is 24.3 Å². The van der Waals surface area contributed by atoms with Crippen LogP contribution in [-0.2, 0) is 20.1 Å². The highest BCUT2D eigenvalue weighted by Crippen LogP contribution is 2.27. The highest BCUT2D eigenvalue weighted by Gasteiger charge is 2.21. The van der Waals surface area contributed by atoms with Crippen molar-refractivity contribution in [1.82, 2.24) is 15.1 Å². The standard InChI is InChI=1S/C12H12FN3/c1-16-11-7-14-6-10(11)12(15-16)8-2-4-9(13)5-3-8/h2-5,14H,6-7H2,1H3. The van der Waals surface area contributed by atoms with E-state index in [2.05, 4.69) is 10.4 Å². The molecule has 82 valence electrons. The number of nitrogens with one attached hydrogen (secondary N) is 1. The first-order chi connectivity index (χ1) is 7.75. The lowest BCUT2D eigenvalue weighted by Gasteiger charge is -1.99. The number of aryl methyl sites for hydroxylation is 1. The van der Waals surface area contributed by atoms with Crippen molar-refractivity contribution in [3.05, 3.63) is 41.3 Å². The number of fused-ring (bicyclic) bond motifs is 1. The van der Waals surface area contributed by atoms with Crippen LogP contribution in [0.5, 0.6) is 0 Å². The van der Waals surface area contributed by atoms with E-state index in [1.54, 1.807) is 12.1 Å². The second-order valence-electron chi connectivity index (χ2n) is 4.01. The van der Waals surface area contributed by atoms with Crippen LogP contribution in [0.25, 0.3) is 11.3 Å². The summed E-state index contributed by atoms with van der Waals surface area (Å²) in [6.07, 6.45) is 0. The van der Waals surface area contributed by atoms with Crippen molar-refractivity contribution in [2.45, 2.75) is 13.1 Å². The molecular weight excluding hydrogens is 205 g/mol. The summed E-state index contributed by atoms with van der Waals surface area (Å²) < 4.78 is 14.7. The fourth-order valence-electron chi connectivity index (χ4n) is 2.16. The minimum absolute atomic E-state index is 0.213. The van der Waals surface area contributed by atoms with Gasteiger partial charge in [-0.25, -0.2) is 4.39 Å². The van der Waals surface area contributed by atoms with E-state index in [-0.39, 0.29) is 5.82 Å². The molecule has 2 heterocycles. The van der Waals surface area contributed by atoms with Crippen molar-refractivity contribution in [3.63, 3.8) is 0 Å². The first kappa shape index (κ1) is 9.54. The number of aromatic nitrogens is 2. The molecular formula is C12H12FN3. The Bertz CT molecular complexity index is 528. The SMILES string of the molecule is Cn1nc(-c2ccc(F)cc2)c2c1CNC2. The Kier molecular flexibility index (Phi) is 2.04. The molecule has 0 saturated carbocycles. The summed E-state index contributed by atoms with van der Waals surface area (Å²) in [6.45, 7) is 1.70. The van der Waals surface area contributed by atoms with Gasteiger partial charge in [0.15, 0.2) is 0 Å². The molecule has 4 heteroatoms. The fraction of sp³-hybridized carbons (Fsp3) is 0.250. The molecule has 0 radical (unpaired) electrons. The van der Waals surface area contributed by atoms with Gasteiger partial charge in [-0.3, -0.25) is 4.68 Å². The summed E-state index contributed by atoms with van der Waals surface area (Å²) in [4.78, 5) is 0. The van der Waals surface area contributed by atoms with Crippen molar-refractivity contribution < 1.29 is 4.39 Å². The minimum Gasteiger partial charge on any atom is -0.307 e. The predicted molar refractivity (Wildman–Crippen MR) is 59.1 cm³/mol. The van der Waals surface area contributed by atoms with Crippen LogP contribution < -0.4 is 5.32 Å². The molecule has 1 N–H and O–H groups in total. The van der Waals surface area contributed by atoms with E-state index >= 15 is 0 Å². The van der Waals surface area contributed by atoms with E-state index in [0.29, 0.717) is 0 Å². The van der Waals surface area contributed by atoms with Gasteiger partial charge in [0, 0.05) is 31.3 Å². The third-order valence-corrected chi connectivity index (χ3v) is 2.99. The molecule has 3 rings (SSSR count). The molecule has 0 bridgehead atoms. The number of hydrogen-bond acceptors (Lipinski definition) is 2. The van der Waals surface area contributed by atoms with Crippen molar-refractivity contribution in [2.24, 2.45) is 7.05 Å². The smallest absolute Gasteiger partial charge is 0.123 e. The molecule has 1 aromatic carbocycles. The molecule has 0 amide bonds. The first-order valence-corrected chi connectivity index (χ1v) is 5.27. The predicted octanol–water partition coefficient (Wildman–Crippen LogP) is 1.83. The average Bonchev–Trinajstić information content (AvgIpc) is 2.84. The molecule has 0 unspecified atom stereocenters. The molecule has 0 spiro atoms. The molecule has 1 aliphatic rings. The lowest BCUT2D eigenvalue weighted by Crippen LogP contribution is -2.06. The third-order valence-electron chi connectivity index (χ3n) is 2.99. The van der Waals surface area contributed by atoms with Gasteiger partial charge >= 0.3 is 0 Å². The topological polar surface area (TPSA) is 29.9 Å². The molecule has 3 nitrogen and oxygen atoms in total. The van der Waals surface area contributed by atoms with Gasteiger partial charge in [0.1, 0.15) is 5.82 Å². The Balaban J connectivity index is 2.13. The zero-order valence-electron chi connectivity index (χ0n) is 9.00. The van der Waals surface area contributed by atoms with E-state index in [1.165, 1.54) is 23.4 Å². The second kappa shape index (κ2) is 3.42. The molecule has 0 atom stereocenters. The molecule has 1 aromatic heterocycles. The Morgan fingerprint density at radius 3 is 2.75 bits per heavy atom. The number of rotatable bonds is 1. The van der Waals surface area contributed by atoms with Gasteiger partial charge in [-0.1, -0.05) is 0 Å². The normalized spacial score (nSPS) is 14.1. The van der Waals surface area contributed by atoms with Crippen molar-refractivity contribution in [2.75, 3.05) is 0 Å². The van der Waals surface area contributed by atoms with Gasteiger partial charge in [0.2, 0.25) is 0 Å².